The SMILES string of the molecule is COc1cc(C(=O)O)c(SCc2ccccc2)c(OC)n1. The van der Waals surface area contributed by atoms with E-state index in [2.05, 4.69) is 4.98 Å². The Morgan fingerprint density at radius 2 is 1.95 bits per heavy atom. The Morgan fingerprint density at radius 3 is 2.52 bits per heavy atom. The topological polar surface area (TPSA) is 68.7 Å². The third kappa shape index (κ3) is 3.66. The fraction of sp³-hybridized carbons (Fsp3) is 0.200. The van der Waals surface area contributed by atoms with Crippen molar-refractivity contribution in [1.82, 2.24) is 4.98 Å². The van der Waals surface area contributed by atoms with E-state index >= 15 is 0 Å². The first kappa shape index (κ1) is 15.2. The first-order chi connectivity index (χ1) is 10.2. The summed E-state index contributed by atoms with van der Waals surface area (Å²) in [7, 11) is 2.89. The number of rotatable bonds is 6. The van der Waals surface area contributed by atoms with Crippen LogP contribution in [0.3, 0.4) is 0 Å². The van der Waals surface area contributed by atoms with Gasteiger partial charge in [-0.25, -0.2) is 4.79 Å². The number of benzene rings is 1. The van der Waals surface area contributed by atoms with Crippen LogP contribution in [0, 0.1) is 0 Å². The van der Waals surface area contributed by atoms with Crippen molar-refractivity contribution >= 4 is 17.7 Å². The van der Waals surface area contributed by atoms with Crippen LogP contribution >= 0.6 is 11.8 Å². The normalized spacial score (nSPS) is 10.2. The van der Waals surface area contributed by atoms with E-state index in [1.807, 2.05) is 30.3 Å². The highest BCUT2D eigenvalue weighted by molar-refractivity contribution is 7.98. The summed E-state index contributed by atoms with van der Waals surface area (Å²) in [6.07, 6.45) is 0. The second-order valence-corrected chi connectivity index (χ2v) is 5.12. The summed E-state index contributed by atoms with van der Waals surface area (Å²) in [5.41, 5.74) is 1.22. The Hall–Kier alpha value is -2.21. The molecule has 0 fully saturated rings. The van der Waals surface area contributed by atoms with Gasteiger partial charge in [0.05, 0.1) is 24.7 Å². The van der Waals surface area contributed by atoms with Crippen molar-refractivity contribution in [1.29, 1.82) is 0 Å². The molecule has 2 rings (SSSR count). The number of carboxylic acid groups (broad SMARTS) is 1. The van der Waals surface area contributed by atoms with Gasteiger partial charge >= 0.3 is 5.97 Å². The summed E-state index contributed by atoms with van der Waals surface area (Å²) in [5.74, 6) is 0.0661. The Bertz CT molecular complexity index is 631. The lowest BCUT2D eigenvalue weighted by Gasteiger charge is -2.12. The lowest BCUT2D eigenvalue weighted by Crippen LogP contribution is -2.04. The summed E-state index contributed by atoms with van der Waals surface area (Å²) in [6.45, 7) is 0. The van der Waals surface area contributed by atoms with Crippen LogP contribution in [0.5, 0.6) is 11.8 Å². The summed E-state index contributed by atoms with van der Waals surface area (Å²) < 4.78 is 10.2. The number of thioether (sulfide) groups is 1. The van der Waals surface area contributed by atoms with Crippen molar-refractivity contribution in [3.63, 3.8) is 0 Å². The van der Waals surface area contributed by atoms with E-state index in [4.69, 9.17) is 9.47 Å². The van der Waals surface area contributed by atoms with Crippen LogP contribution in [0.15, 0.2) is 41.3 Å². The van der Waals surface area contributed by atoms with Crippen molar-refractivity contribution in [2.45, 2.75) is 10.6 Å². The number of methoxy groups -OCH3 is 2. The molecule has 5 nitrogen and oxygen atoms in total. The quantitative estimate of drug-likeness (QED) is 0.827. The lowest BCUT2D eigenvalue weighted by atomic mass is 10.2. The highest BCUT2D eigenvalue weighted by atomic mass is 32.2. The molecule has 0 bridgehead atoms. The van der Waals surface area contributed by atoms with Gasteiger partial charge in [-0.15, -0.1) is 11.8 Å². The van der Waals surface area contributed by atoms with Crippen molar-refractivity contribution in [2.75, 3.05) is 14.2 Å². The Labute approximate surface area is 126 Å². The van der Waals surface area contributed by atoms with E-state index in [1.165, 1.54) is 32.0 Å². The molecule has 0 saturated carbocycles. The molecule has 1 N–H and O–H groups in total. The Balaban J connectivity index is 2.34. The average molecular weight is 305 g/mol. The first-order valence-corrected chi connectivity index (χ1v) is 7.17. The fourth-order valence-electron chi connectivity index (χ4n) is 1.76. The first-order valence-electron chi connectivity index (χ1n) is 6.18. The zero-order valence-electron chi connectivity index (χ0n) is 11.7. The minimum atomic E-state index is -1.04. The zero-order valence-corrected chi connectivity index (χ0v) is 12.5. The smallest absolute Gasteiger partial charge is 0.337 e. The number of pyridine rings is 1. The van der Waals surface area contributed by atoms with E-state index in [-0.39, 0.29) is 17.3 Å². The van der Waals surface area contributed by atoms with Gasteiger partial charge < -0.3 is 14.6 Å². The Kier molecular flexibility index (Phi) is 5.05. The molecule has 0 amide bonds. The zero-order chi connectivity index (χ0) is 15.2. The van der Waals surface area contributed by atoms with Gasteiger partial charge in [0.1, 0.15) is 0 Å². The second-order valence-electron chi connectivity index (χ2n) is 4.13. The molecular formula is C15H15NO4S. The molecule has 0 unspecified atom stereocenters. The predicted molar refractivity (Wildman–Crippen MR) is 80.3 cm³/mol. The summed E-state index contributed by atoms with van der Waals surface area (Å²) >= 11 is 1.37. The molecule has 0 radical (unpaired) electrons. The molecule has 0 aliphatic rings. The molecule has 21 heavy (non-hydrogen) atoms. The third-order valence-electron chi connectivity index (χ3n) is 2.78. The molecule has 0 aliphatic heterocycles. The number of carboxylic acids is 1. The van der Waals surface area contributed by atoms with E-state index in [9.17, 15) is 9.90 Å². The number of hydrogen-bond donors (Lipinski definition) is 1. The summed E-state index contributed by atoms with van der Waals surface area (Å²) in [6, 6.07) is 11.2. The van der Waals surface area contributed by atoms with Crippen molar-refractivity contribution in [3.05, 3.63) is 47.5 Å². The number of aromatic nitrogens is 1. The minimum absolute atomic E-state index is 0.125. The molecule has 110 valence electrons. The van der Waals surface area contributed by atoms with Crippen LogP contribution < -0.4 is 9.47 Å². The van der Waals surface area contributed by atoms with Crippen molar-refractivity contribution < 1.29 is 19.4 Å². The molecule has 0 spiro atoms. The maximum Gasteiger partial charge on any atom is 0.337 e. The third-order valence-corrected chi connectivity index (χ3v) is 3.94. The van der Waals surface area contributed by atoms with Crippen LogP contribution in [-0.2, 0) is 5.75 Å². The summed E-state index contributed by atoms with van der Waals surface area (Å²) in [5, 5.41) is 9.35. The van der Waals surface area contributed by atoms with Crippen molar-refractivity contribution in [3.8, 4) is 11.8 Å². The van der Waals surface area contributed by atoms with E-state index in [0.29, 0.717) is 10.6 Å². The fourth-order valence-corrected chi connectivity index (χ4v) is 2.82. The van der Waals surface area contributed by atoms with E-state index in [1.54, 1.807) is 0 Å². The van der Waals surface area contributed by atoms with E-state index < -0.39 is 5.97 Å². The largest absolute Gasteiger partial charge is 0.481 e. The molecule has 2 aromatic rings. The standard InChI is InChI=1S/C15H15NO4S/c1-19-12-8-11(15(17)18)13(14(16-12)20-2)21-9-10-6-4-3-5-7-10/h3-8H,9H2,1-2H3,(H,17,18). The van der Waals surface area contributed by atoms with Gasteiger partial charge in [-0.3, -0.25) is 0 Å². The number of aromatic carboxylic acids is 1. The average Bonchev–Trinajstić information content (AvgIpc) is 2.52. The van der Waals surface area contributed by atoms with Gasteiger partial charge in [-0.1, -0.05) is 30.3 Å². The lowest BCUT2D eigenvalue weighted by molar-refractivity contribution is 0.0691. The Morgan fingerprint density at radius 1 is 1.24 bits per heavy atom. The van der Waals surface area contributed by atoms with Gasteiger partial charge in [-0.05, 0) is 5.56 Å². The van der Waals surface area contributed by atoms with Crippen LogP contribution in [0.1, 0.15) is 15.9 Å². The number of hydrogen-bond acceptors (Lipinski definition) is 5. The van der Waals surface area contributed by atoms with Gasteiger partial charge in [0, 0.05) is 11.8 Å². The molecule has 1 heterocycles. The molecule has 0 aliphatic carbocycles. The van der Waals surface area contributed by atoms with Gasteiger partial charge in [0.2, 0.25) is 11.8 Å². The molecule has 0 atom stereocenters. The summed E-state index contributed by atoms with van der Waals surface area (Å²) in [4.78, 5) is 16.0. The van der Waals surface area contributed by atoms with Gasteiger partial charge in [0.15, 0.2) is 0 Å². The van der Waals surface area contributed by atoms with Crippen LogP contribution in [0.4, 0.5) is 0 Å². The number of carbonyl (C=O) groups is 1. The predicted octanol–water partition coefficient (Wildman–Crippen LogP) is 3.09. The van der Waals surface area contributed by atoms with Gasteiger partial charge in [-0.2, -0.15) is 4.98 Å². The molecule has 6 heteroatoms. The van der Waals surface area contributed by atoms with Crippen LogP contribution in [-0.4, -0.2) is 30.3 Å². The maximum absolute atomic E-state index is 11.4. The monoisotopic (exact) mass is 305 g/mol. The van der Waals surface area contributed by atoms with Crippen molar-refractivity contribution in [2.24, 2.45) is 0 Å². The molecule has 1 aromatic heterocycles. The van der Waals surface area contributed by atoms with Crippen LogP contribution in [0.2, 0.25) is 0 Å². The maximum atomic E-state index is 11.4. The second kappa shape index (κ2) is 6.99. The molecular weight excluding hydrogens is 290 g/mol. The number of ether oxygens (including phenoxy) is 2. The highest BCUT2D eigenvalue weighted by Gasteiger charge is 2.19. The molecule has 1 aromatic carbocycles. The highest BCUT2D eigenvalue weighted by Crippen LogP contribution is 2.35. The van der Waals surface area contributed by atoms with E-state index in [0.717, 1.165) is 5.56 Å². The van der Waals surface area contributed by atoms with Gasteiger partial charge in [0.25, 0.3) is 0 Å². The number of nitrogens with zero attached hydrogens (tertiary/aromatic N) is 1. The molecule has 0 saturated heterocycles. The van der Waals surface area contributed by atoms with Crippen LogP contribution in [0.25, 0.3) is 0 Å². The minimum Gasteiger partial charge on any atom is -0.481 e.